The van der Waals surface area contributed by atoms with Crippen molar-refractivity contribution in [1.29, 1.82) is 0 Å². The molecule has 2 fully saturated rings. The van der Waals surface area contributed by atoms with Gasteiger partial charge in [0.2, 0.25) is 0 Å². The molecule has 2 aliphatic heterocycles. The number of amides is 1. The molecule has 0 unspecified atom stereocenters. The van der Waals surface area contributed by atoms with E-state index < -0.39 is 5.79 Å². The molecule has 168 valence electrons. The highest BCUT2D eigenvalue weighted by atomic mass is 16.7. The molecule has 4 rings (SSSR count). The van der Waals surface area contributed by atoms with Crippen LogP contribution in [0.3, 0.4) is 0 Å². The summed E-state index contributed by atoms with van der Waals surface area (Å²) in [5.41, 5.74) is 0.340. The van der Waals surface area contributed by atoms with E-state index in [0.29, 0.717) is 73.5 Å². The number of likely N-dealkylation sites (tertiary alicyclic amines) is 1. The highest BCUT2D eigenvalue weighted by molar-refractivity contribution is 6.07. The summed E-state index contributed by atoms with van der Waals surface area (Å²) in [7, 11) is 3.07. The Labute approximate surface area is 181 Å². The first-order chi connectivity index (χ1) is 14.9. The Hall–Kier alpha value is -2.58. The van der Waals surface area contributed by atoms with Gasteiger partial charge in [-0.25, -0.2) is 0 Å². The van der Waals surface area contributed by atoms with Crippen molar-refractivity contribution < 1.29 is 23.7 Å². The maximum Gasteiger partial charge on any atom is 0.258 e. The van der Waals surface area contributed by atoms with Gasteiger partial charge in [-0.3, -0.25) is 9.59 Å². The molecule has 0 bridgehead atoms. The third kappa shape index (κ3) is 4.02. The number of methoxy groups -OCH3 is 2. The van der Waals surface area contributed by atoms with Crippen molar-refractivity contribution in [2.75, 3.05) is 40.5 Å². The van der Waals surface area contributed by atoms with Crippen LogP contribution in [0.4, 0.5) is 0 Å². The third-order valence-electron chi connectivity index (χ3n) is 6.01. The van der Waals surface area contributed by atoms with Crippen LogP contribution >= 0.6 is 0 Å². The molecular formula is C23H30N2O6. The third-order valence-corrected chi connectivity index (χ3v) is 6.01. The number of aromatic nitrogens is 1. The minimum Gasteiger partial charge on any atom is -0.493 e. The molecule has 1 amide bonds. The van der Waals surface area contributed by atoms with Crippen LogP contribution in [0, 0.1) is 5.92 Å². The van der Waals surface area contributed by atoms with Crippen molar-refractivity contribution in [2.45, 2.75) is 39.0 Å². The zero-order chi connectivity index (χ0) is 22.2. The van der Waals surface area contributed by atoms with Gasteiger partial charge in [0.25, 0.3) is 11.5 Å². The molecule has 2 aromatic rings. The van der Waals surface area contributed by atoms with E-state index in [0.717, 1.165) is 0 Å². The fourth-order valence-corrected chi connectivity index (χ4v) is 4.42. The lowest BCUT2D eigenvalue weighted by Crippen LogP contribution is -2.47. The number of hydrogen-bond donors (Lipinski definition) is 0. The molecule has 2 saturated heterocycles. The van der Waals surface area contributed by atoms with Gasteiger partial charge < -0.3 is 28.4 Å². The van der Waals surface area contributed by atoms with Gasteiger partial charge in [-0.05, 0) is 18.1 Å². The summed E-state index contributed by atoms with van der Waals surface area (Å²) in [5, 5.41) is 1.02. The van der Waals surface area contributed by atoms with Crippen molar-refractivity contribution in [3.05, 3.63) is 34.2 Å². The summed E-state index contributed by atoms with van der Waals surface area (Å²) in [6.45, 7) is 6.87. The Morgan fingerprint density at radius 1 is 1.06 bits per heavy atom. The second kappa shape index (κ2) is 8.51. The van der Waals surface area contributed by atoms with Crippen LogP contribution in [0.1, 0.15) is 37.0 Å². The van der Waals surface area contributed by atoms with Crippen molar-refractivity contribution in [2.24, 2.45) is 5.92 Å². The molecule has 2 aliphatic rings. The SMILES string of the molecule is COc1cc2c(C(=O)N3CCC4(CC3)OCCO4)cn(CC(C)C)c(=O)c2cc1OC. The lowest BCUT2D eigenvalue weighted by molar-refractivity contribution is -0.181. The minimum atomic E-state index is -0.550. The number of carbonyl (C=O) groups excluding carboxylic acids is 1. The zero-order valence-electron chi connectivity index (χ0n) is 18.6. The molecular weight excluding hydrogens is 400 g/mol. The largest absolute Gasteiger partial charge is 0.493 e. The van der Waals surface area contributed by atoms with Gasteiger partial charge in [0.1, 0.15) is 0 Å². The van der Waals surface area contributed by atoms with Crippen LogP contribution in [0.2, 0.25) is 0 Å². The average molecular weight is 431 g/mol. The van der Waals surface area contributed by atoms with Crippen LogP contribution < -0.4 is 15.0 Å². The number of carbonyl (C=O) groups is 1. The molecule has 8 nitrogen and oxygen atoms in total. The Morgan fingerprint density at radius 2 is 1.65 bits per heavy atom. The van der Waals surface area contributed by atoms with Crippen LogP contribution in [0.5, 0.6) is 11.5 Å². The number of ether oxygens (including phenoxy) is 4. The first-order valence-corrected chi connectivity index (χ1v) is 10.7. The Bertz CT molecular complexity index is 1030. The number of fused-ring (bicyclic) bond motifs is 1. The molecule has 0 atom stereocenters. The van der Waals surface area contributed by atoms with Crippen molar-refractivity contribution in [3.8, 4) is 11.5 Å². The fraction of sp³-hybridized carbons (Fsp3) is 0.565. The summed E-state index contributed by atoms with van der Waals surface area (Å²) in [4.78, 5) is 28.5. The van der Waals surface area contributed by atoms with Crippen LogP contribution in [0.25, 0.3) is 10.8 Å². The first kappa shape index (κ1) is 21.6. The number of piperidine rings is 1. The van der Waals surface area contributed by atoms with Crippen LogP contribution in [-0.4, -0.2) is 61.7 Å². The lowest BCUT2D eigenvalue weighted by atomic mass is 10.0. The molecule has 31 heavy (non-hydrogen) atoms. The number of nitrogens with zero attached hydrogens (tertiary/aromatic N) is 2. The predicted molar refractivity (Wildman–Crippen MR) is 116 cm³/mol. The molecule has 0 radical (unpaired) electrons. The van der Waals surface area contributed by atoms with E-state index in [1.54, 1.807) is 22.9 Å². The second-order valence-corrected chi connectivity index (χ2v) is 8.55. The van der Waals surface area contributed by atoms with Gasteiger partial charge in [0.05, 0.1) is 38.4 Å². The van der Waals surface area contributed by atoms with E-state index in [-0.39, 0.29) is 17.4 Å². The van der Waals surface area contributed by atoms with Gasteiger partial charge in [0, 0.05) is 44.1 Å². The molecule has 1 aromatic heterocycles. The average Bonchev–Trinajstić information content (AvgIpc) is 3.22. The molecule has 0 saturated carbocycles. The predicted octanol–water partition coefficient (Wildman–Crippen LogP) is 2.65. The zero-order valence-corrected chi connectivity index (χ0v) is 18.6. The van der Waals surface area contributed by atoms with Gasteiger partial charge >= 0.3 is 0 Å². The van der Waals surface area contributed by atoms with Crippen molar-refractivity contribution in [3.63, 3.8) is 0 Å². The number of benzene rings is 1. The quantitative estimate of drug-likeness (QED) is 0.726. The highest BCUT2D eigenvalue weighted by Crippen LogP contribution is 2.35. The van der Waals surface area contributed by atoms with Crippen LogP contribution in [-0.2, 0) is 16.0 Å². The fourth-order valence-electron chi connectivity index (χ4n) is 4.42. The van der Waals surface area contributed by atoms with Crippen LogP contribution in [0.15, 0.2) is 23.1 Å². The normalized spacial score (nSPS) is 18.2. The molecule has 1 spiro atoms. The summed E-state index contributed by atoms with van der Waals surface area (Å²) < 4.78 is 24.0. The number of pyridine rings is 1. The Kier molecular flexibility index (Phi) is 5.94. The van der Waals surface area contributed by atoms with E-state index in [1.807, 2.05) is 18.7 Å². The van der Waals surface area contributed by atoms with E-state index in [4.69, 9.17) is 18.9 Å². The van der Waals surface area contributed by atoms with E-state index in [2.05, 4.69) is 0 Å². The van der Waals surface area contributed by atoms with Gasteiger partial charge in [-0.15, -0.1) is 0 Å². The highest BCUT2D eigenvalue weighted by Gasteiger charge is 2.41. The maximum atomic E-state index is 13.6. The summed E-state index contributed by atoms with van der Waals surface area (Å²) >= 11 is 0. The van der Waals surface area contributed by atoms with E-state index in [1.165, 1.54) is 14.2 Å². The lowest BCUT2D eigenvalue weighted by Gasteiger charge is -2.37. The number of hydrogen-bond acceptors (Lipinski definition) is 6. The molecule has 0 aliphatic carbocycles. The van der Waals surface area contributed by atoms with Gasteiger partial charge in [-0.1, -0.05) is 13.8 Å². The summed E-state index contributed by atoms with van der Waals surface area (Å²) in [6.07, 6.45) is 2.96. The standard InChI is InChI=1S/C23H30N2O6/c1-15(2)13-25-14-18(16-11-19(28-3)20(29-4)12-17(16)21(25)26)22(27)24-7-5-23(6-8-24)30-9-10-31-23/h11-12,14-15H,5-10,13H2,1-4H3. The van der Waals surface area contributed by atoms with Crippen molar-refractivity contribution >= 4 is 16.7 Å². The summed E-state index contributed by atoms with van der Waals surface area (Å²) in [5.74, 6) is 0.539. The van der Waals surface area contributed by atoms with Gasteiger partial charge in [-0.2, -0.15) is 0 Å². The number of rotatable bonds is 5. The van der Waals surface area contributed by atoms with Crippen molar-refractivity contribution in [1.82, 2.24) is 9.47 Å². The Balaban J connectivity index is 1.77. The first-order valence-electron chi connectivity index (χ1n) is 10.7. The van der Waals surface area contributed by atoms with E-state index in [9.17, 15) is 9.59 Å². The maximum absolute atomic E-state index is 13.6. The second-order valence-electron chi connectivity index (χ2n) is 8.55. The molecule has 8 heteroatoms. The van der Waals surface area contributed by atoms with E-state index >= 15 is 0 Å². The molecule has 0 N–H and O–H groups in total. The molecule has 1 aromatic carbocycles. The minimum absolute atomic E-state index is 0.109. The molecule has 3 heterocycles. The topological polar surface area (TPSA) is 79.2 Å². The Morgan fingerprint density at radius 3 is 2.19 bits per heavy atom. The monoisotopic (exact) mass is 430 g/mol. The van der Waals surface area contributed by atoms with Gasteiger partial charge in [0.15, 0.2) is 17.3 Å². The smallest absolute Gasteiger partial charge is 0.258 e. The summed E-state index contributed by atoms with van der Waals surface area (Å²) in [6, 6.07) is 3.38.